The maximum absolute atomic E-state index is 10.6. The molecule has 0 saturated carbocycles. The fourth-order valence-electron chi connectivity index (χ4n) is 3.22. The third-order valence-corrected chi connectivity index (χ3v) is 4.46. The number of carbonyl (C=O) groups is 1. The molecule has 3 rings (SSSR count). The number of phenols is 2. The van der Waals surface area contributed by atoms with E-state index in [1.807, 2.05) is 6.07 Å². The highest BCUT2D eigenvalue weighted by molar-refractivity contribution is 5.73. The lowest BCUT2D eigenvalue weighted by Gasteiger charge is -2.31. The number of fused-ring (bicyclic) bond motifs is 2. The van der Waals surface area contributed by atoms with Gasteiger partial charge in [-0.05, 0) is 50.4 Å². The summed E-state index contributed by atoms with van der Waals surface area (Å²) in [6.45, 7) is 1.15. The van der Waals surface area contributed by atoms with E-state index >= 15 is 0 Å². The summed E-state index contributed by atoms with van der Waals surface area (Å²) in [6.07, 6.45) is -1.97. The minimum atomic E-state index is -5.08. The summed E-state index contributed by atoms with van der Waals surface area (Å²) >= 11 is 0. The zero-order valence-corrected chi connectivity index (χ0v) is 12.5. The molecule has 1 aromatic carbocycles. The molecule has 1 fully saturated rings. The quantitative estimate of drug-likeness (QED) is 0.634. The number of rotatable bonds is 0. The molecule has 1 aromatic rings. The van der Waals surface area contributed by atoms with Crippen LogP contribution in [0.4, 0.5) is 13.2 Å². The number of nitrogens with zero attached hydrogens (tertiary/aromatic N) is 1. The van der Waals surface area contributed by atoms with Crippen LogP contribution in [0.15, 0.2) is 12.1 Å². The lowest BCUT2D eigenvalue weighted by atomic mass is 9.80. The van der Waals surface area contributed by atoms with Crippen molar-refractivity contribution in [1.82, 2.24) is 4.90 Å². The zero-order chi connectivity index (χ0) is 17.4. The van der Waals surface area contributed by atoms with Crippen molar-refractivity contribution in [1.29, 1.82) is 0 Å². The Morgan fingerprint density at radius 2 is 1.87 bits per heavy atom. The first-order chi connectivity index (χ1) is 10.6. The first-order valence-electron chi connectivity index (χ1n) is 7.14. The van der Waals surface area contributed by atoms with Gasteiger partial charge in [-0.3, -0.25) is 0 Å². The molecule has 2 aliphatic rings. The average Bonchev–Trinajstić information content (AvgIpc) is 2.82. The second kappa shape index (κ2) is 6.27. The molecule has 1 aliphatic carbocycles. The molecule has 2 unspecified atom stereocenters. The Labute approximate surface area is 131 Å². The van der Waals surface area contributed by atoms with Crippen LogP contribution < -0.4 is 0 Å². The molecule has 0 radical (unpaired) electrons. The second-order valence-corrected chi connectivity index (χ2v) is 5.88. The normalized spacial score (nSPS) is 23.5. The molecule has 8 heteroatoms. The Hall–Kier alpha value is -1.96. The Kier molecular flexibility index (Phi) is 4.74. The molecule has 23 heavy (non-hydrogen) atoms. The summed E-state index contributed by atoms with van der Waals surface area (Å²) in [5.74, 6) is -1.99. The fraction of sp³-hybridized carbons (Fsp3) is 0.533. The number of benzene rings is 1. The van der Waals surface area contributed by atoms with Gasteiger partial charge in [0.25, 0.3) is 0 Å². The molecule has 5 nitrogen and oxygen atoms in total. The van der Waals surface area contributed by atoms with Gasteiger partial charge >= 0.3 is 12.1 Å². The number of hydrogen-bond acceptors (Lipinski definition) is 4. The van der Waals surface area contributed by atoms with Gasteiger partial charge in [0, 0.05) is 11.6 Å². The third kappa shape index (κ3) is 3.69. The van der Waals surface area contributed by atoms with Crippen molar-refractivity contribution in [3.8, 4) is 11.5 Å². The number of halogens is 3. The van der Waals surface area contributed by atoms with Gasteiger partial charge < -0.3 is 20.2 Å². The Bertz CT molecular complexity index is 603. The summed E-state index contributed by atoms with van der Waals surface area (Å²) in [7, 11) is 2.18. The summed E-state index contributed by atoms with van der Waals surface area (Å²) in [4.78, 5) is 11.3. The third-order valence-electron chi connectivity index (χ3n) is 4.46. The monoisotopic (exact) mass is 333 g/mol. The number of hydrogen-bond donors (Lipinski definition) is 3. The number of likely N-dealkylation sites (N-methyl/N-ethyl adjacent to an activating group) is 1. The molecule has 1 heterocycles. The molecule has 1 saturated heterocycles. The number of alkyl halides is 3. The van der Waals surface area contributed by atoms with Gasteiger partial charge in [-0.2, -0.15) is 13.2 Å². The number of carboxylic acid groups (broad SMARTS) is 1. The van der Waals surface area contributed by atoms with Crippen LogP contribution in [-0.2, 0) is 17.6 Å². The molecular weight excluding hydrogens is 315 g/mol. The number of aromatic hydroxyl groups is 2. The molecule has 2 atom stereocenters. The van der Waals surface area contributed by atoms with E-state index in [4.69, 9.17) is 9.90 Å². The Morgan fingerprint density at radius 3 is 2.43 bits per heavy atom. The smallest absolute Gasteiger partial charge is 0.490 e. The van der Waals surface area contributed by atoms with E-state index in [1.165, 1.54) is 12.0 Å². The van der Waals surface area contributed by atoms with E-state index in [0.717, 1.165) is 24.9 Å². The molecule has 0 bridgehead atoms. The topological polar surface area (TPSA) is 81.0 Å². The van der Waals surface area contributed by atoms with Crippen LogP contribution in [0.1, 0.15) is 17.5 Å². The van der Waals surface area contributed by atoms with Crippen LogP contribution in [0, 0.1) is 5.92 Å². The number of phenolic OH excluding ortho intramolecular Hbond substituents is 2. The molecule has 1 aliphatic heterocycles. The van der Waals surface area contributed by atoms with Gasteiger partial charge in [-0.1, -0.05) is 6.07 Å². The van der Waals surface area contributed by atoms with Crippen LogP contribution in [0.3, 0.4) is 0 Å². The lowest BCUT2D eigenvalue weighted by Crippen LogP contribution is -2.35. The van der Waals surface area contributed by atoms with Crippen molar-refractivity contribution >= 4 is 5.97 Å². The maximum atomic E-state index is 10.6. The van der Waals surface area contributed by atoms with Crippen LogP contribution in [0.2, 0.25) is 0 Å². The highest BCUT2D eigenvalue weighted by atomic mass is 19.4. The van der Waals surface area contributed by atoms with Gasteiger partial charge in [0.05, 0.1) is 0 Å². The van der Waals surface area contributed by atoms with Gasteiger partial charge in [0.2, 0.25) is 0 Å². The fourth-order valence-corrected chi connectivity index (χ4v) is 3.22. The first-order valence-corrected chi connectivity index (χ1v) is 7.14. The first kappa shape index (κ1) is 17.4. The minimum Gasteiger partial charge on any atom is -0.504 e. The number of aliphatic carboxylic acids is 1. The minimum absolute atomic E-state index is 0.0172. The Morgan fingerprint density at radius 1 is 1.26 bits per heavy atom. The SMILES string of the molecule is CN1CCC2Cc3c(ccc(O)c3O)CC21.O=C(O)C(F)(F)F. The highest BCUT2D eigenvalue weighted by Gasteiger charge is 2.38. The summed E-state index contributed by atoms with van der Waals surface area (Å²) in [5, 5.41) is 26.5. The Balaban J connectivity index is 0.000000236. The molecule has 0 amide bonds. The van der Waals surface area contributed by atoms with Crippen LogP contribution in [0.25, 0.3) is 0 Å². The van der Waals surface area contributed by atoms with Crippen molar-refractivity contribution in [3.05, 3.63) is 23.3 Å². The van der Waals surface area contributed by atoms with E-state index in [-0.39, 0.29) is 11.5 Å². The van der Waals surface area contributed by atoms with E-state index < -0.39 is 12.1 Å². The van der Waals surface area contributed by atoms with Crippen molar-refractivity contribution in [2.45, 2.75) is 31.5 Å². The second-order valence-electron chi connectivity index (χ2n) is 5.88. The predicted octanol–water partition coefficient (Wildman–Crippen LogP) is 2.15. The molecule has 128 valence electrons. The van der Waals surface area contributed by atoms with Crippen LogP contribution in [0.5, 0.6) is 11.5 Å². The van der Waals surface area contributed by atoms with E-state index in [2.05, 4.69) is 11.9 Å². The molecule has 0 aromatic heterocycles. The van der Waals surface area contributed by atoms with E-state index in [1.54, 1.807) is 6.07 Å². The van der Waals surface area contributed by atoms with Crippen molar-refractivity contribution in [3.63, 3.8) is 0 Å². The molecule has 0 spiro atoms. The number of carboxylic acids is 1. The largest absolute Gasteiger partial charge is 0.504 e. The van der Waals surface area contributed by atoms with Gasteiger partial charge in [-0.25, -0.2) is 4.79 Å². The van der Waals surface area contributed by atoms with Crippen molar-refractivity contribution in [2.75, 3.05) is 13.6 Å². The van der Waals surface area contributed by atoms with Gasteiger partial charge in [-0.15, -0.1) is 0 Å². The van der Waals surface area contributed by atoms with Crippen molar-refractivity contribution < 1.29 is 33.3 Å². The maximum Gasteiger partial charge on any atom is 0.490 e. The molecular formula is C15H18F3NO4. The summed E-state index contributed by atoms with van der Waals surface area (Å²) < 4.78 is 31.7. The van der Waals surface area contributed by atoms with Gasteiger partial charge in [0.1, 0.15) is 0 Å². The summed E-state index contributed by atoms with van der Waals surface area (Å²) in [6, 6.07) is 4.17. The summed E-state index contributed by atoms with van der Waals surface area (Å²) in [5.41, 5.74) is 2.17. The van der Waals surface area contributed by atoms with E-state index in [0.29, 0.717) is 12.0 Å². The van der Waals surface area contributed by atoms with E-state index in [9.17, 15) is 23.4 Å². The molecule has 3 N–H and O–H groups in total. The average molecular weight is 333 g/mol. The predicted molar refractivity (Wildman–Crippen MR) is 75.4 cm³/mol. The lowest BCUT2D eigenvalue weighted by molar-refractivity contribution is -0.192. The van der Waals surface area contributed by atoms with Crippen LogP contribution in [-0.4, -0.2) is 52.0 Å². The standard InChI is InChI=1S/C13H17NO2.C2HF3O2/c1-14-5-4-9-6-10-8(7-11(9)14)2-3-12(15)13(10)16;3-2(4,5)1(6)7/h2-3,9,11,15-16H,4-7H2,1H3;(H,6,7). The zero-order valence-electron chi connectivity index (χ0n) is 12.5. The van der Waals surface area contributed by atoms with Crippen LogP contribution >= 0.6 is 0 Å². The number of likely N-dealkylation sites (tertiary alicyclic amines) is 1. The van der Waals surface area contributed by atoms with Gasteiger partial charge in [0.15, 0.2) is 11.5 Å². The van der Waals surface area contributed by atoms with Crippen molar-refractivity contribution in [2.24, 2.45) is 5.92 Å². The highest BCUT2D eigenvalue weighted by Crippen LogP contribution is 2.41.